The number of carbonyl (C=O) groups is 1. The molecule has 1 aromatic rings. The molecule has 1 fully saturated rings. The maximum Gasteiger partial charge on any atom is 0.221 e. The van der Waals surface area contributed by atoms with Gasteiger partial charge in [0.1, 0.15) is 18.0 Å². The highest BCUT2D eigenvalue weighted by Gasteiger charge is 2.22. The Morgan fingerprint density at radius 1 is 1.25 bits per heavy atom. The SMILES string of the molecule is CCCNc1ncnc(NCCC(=O)NC2CC2)c1C. The first-order valence-electron chi connectivity index (χ1n) is 7.29. The second-order valence-electron chi connectivity index (χ2n) is 5.14. The molecule has 1 aromatic heterocycles. The third-order valence-corrected chi connectivity index (χ3v) is 3.21. The number of hydrogen-bond acceptors (Lipinski definition) is 5. The molecule has 1 aliphatic carbocycles. The van der Waals surface area contributed by atoms with Crippen LogP contribution < -0.4 is 16.0 Å². The number of amides is 1. The minimum absolute atomic E-state index is 0.107. The van der Waals surface area contributed by atoms with Crippen molar-refractivity contribution in [2.75, 3.05) is 23.7 Å². The Hall–Kier alpha value is -1.85. The smallest absolute Gasteiger partial charge is 0.221 e. The molecule has 0 atom stereocenters. The third-order valence-electron chi connectivity index (χ3n) is 3.21. The van der Waals surface area contributed by atoms with Crippen molar-refractivity contribution in [2.45, 2.75) is 45.6 Å². The largest absolute Gasteiger partial charge is 0.370 e. The number of rotatable bonds is 8. The first kappa shape index (κ1) is 14.6. The molecule has 1 amide bonds. The molecule has 0 unspecified atom stereocenters. The number of nitrogens with one attached hydrogen (secondary N) is 3. The van der Waals surface area contributed by atoms with Gasteiger partial charge in [-0.2, -0.15) is 0 Å². The van der Waals surface area contributed by atoms with Gasteiger partial charge in [0.25, 0.3) is 0 Å². The second-order valence-corrected chi connectivity index (χ2v) is 5.14. The highest BCUT2D eigenvalue weighted by atomic mass is 16.1. The number of hydrogen-bond donors (Lipinski definition) is 3. The van der Waals surface area contributed by atoms with Crippen LogP contribution in [0.15, 0.2) is 6.33 Å². The lowest BCUT2D eigenvalue weighted by atomic mass is 10.3. The van der Waals surface area contributed by atoms with Gasteiger partial charge in [0.15, 0.2) is 0 Å². The molecule has 110 valence electrons. The van der Waals surface area contributed by atoms with E-state index in [2.05, 4.69) is 32.8 Å². The predicted octanol–water partition coefficient (Wildman–Crippen LogP) is 1.69. The number of anilines is 2. The van der Waals surface area contributed by atoms with Gasteiger partial charge in [-0.3, -0.25) is 4.79 Å². The van der Waals surface area contributed by atoms with Gasteiger partial charge in [-0.05, 0) is 26.2 Å². The van der Waals surface area contributed by atoms with Crippen LogP contribution in [0.3, 0.4) is 0 Å². The van der Waals surface area contributed by atoms with Crippen molar-refractivity contribution in [2.24, 2.45) is 0 Å². The van der Waals surface area contributed by atoms with Crippen LogP contribution in [0.5, 0.6) is 0 Å². The molecule has 2 rings (SSSR count). The van der Waals surface area contributed by atoms with Crippen molar-refractivity contribution in [1.29, 1.82) is 0 Å². The molecular formula is C14H23N5O. The normalized spacial score (nSPS) is 13.9. The Morgan fingerprint density at radius 3 is 2.50 bits per heavy atom. The lowest BCUT2D eigenvalue weighted by Gasteiger charge is -2.12. The molecule has 1 aliphatic rings. The van der Waals surface area contributed by atoms with Crippen molar-refractivity contribution in [3.63, 3.8) is 0 Å². The molecule has 20 heavy (non-hydrogen) atoms. The Morgan fingerprint density at radius 2 is 1.90 bits per heavy atom. The summed E-state index contributed by atoms with van der Waals surface area (Å²) in [4.78, 5) is 20.0. The topological polar surface area (TPSA) is 78.9 Å². The van der Waals surface area contributed by atoms with E-state index in [0.29, 0.717) is 19.0 Å². The Labute approximate surface area is 119 Å². The van der Waals surface area contributed by atoms with Crippen molar-refractivity contribution >= 4 is 17.5 Å². The van der Waals surface area contributed by atoms with E-state index < -0.39 is 0 Å². The zero-order valence-corrected chi connectivity index (χ0v) is 12.2. The molecule has 0 bridgehead atoms. The summed E-state index contributed by atoms with van der Waals surface area (Å²) in [6, 6.07) is 0.424. The maximum absolute atomic E-state index is 11.6. The Balaban J connectivity index is 1.80. The fraction of sp³-hybridized carbons (Fsp3) is 0.643. The third kappa shape index (κ3) is 4.36. The van der Waals surface area contributed by atoms with Gasteiger partial charge in [-0.15, -0.1) is 0 Å². The lowest BCUT2D eigenvalue weighted by Crippen LogP contribution is -2.27. The average molecular weight is 277 g/mol. The summed E-state index contributed by atoms with van der Waals surface area (Å²) in [5.74, 6) is 1.75. The monoisotopic (exact) mass is 277 g/mol. The fourth-order valence-corrected chi connectivity index (χ4v) is 1.87. The van der Waals surface area contributed by atoms with E-state index in [1.807, 2.05) is 6.92 Å². The minimum atomic E-state index is 0.107. The zero-order chi connectivity index (χ0) is 14.4. The second kappa shape index (κ2) is 7.07. The van der Waals surface area contributed by atoms with Crippen LogP contribution >= 0.6 is 0 Å². The maximum atomic E-state index is 11.6. The molecule has 0 saturated heterocycles. The zero-order valence-electron chi connectivity index (χ0n) is 12.2. The molecule has 6 nitrogen and oxygen atoms in total. The molecule has 1 heterocycles. The van der Waals surface area contributed by atoms with Gasteiger partial charge in [0.2, 0.25) is 5.91 Å². The van der Waals surface area contributed by atoms with Crippen molar-refractivity contribution in [1.82, 2.24) is 15.3 Å². The Kier molecular flexibility index (Phi) is 5.15. The summed E-state index contributed by atoms with van der Waals surface area (Å²) in [6.45, 7) is 5.57. The summed E-state index contributed by atoms with van der Waals surface area (Å²) in [5.41, 5.74) is 0.989. The molecular weight excluding hydrogens is 254 g/mol. The summed E-state index contributed by atoms with van der Waals surface area (Å²) in [7, 11) is 0. The number of aromatic nitrogens is 2. The van der Waals surface area contributed by atoms with Gasteiger partial charge in [0.05, 0.1) is 0 Å². The number of carbonyl (C=O) groups excluding carboxylic acids is 1. The first-order valence-corrected chi connectivity index (χ1v) is 7.29. The molecule has 0 radical (unpaired) electrons. The summed E-state index contributed by atoms with van der Waals surface area (Å²) in [6.07, 6.45) is 5.30. The van der Waals surface area contributed by atoms with Crippen LogP contribution in [-0.2, 0) is 4.79 Å². The Bertz CT molecular complexity index is 459. The fourth-order valence-electron chi connectivity index (χ4n) is 1.87. The van der Waals surface area contributed by atoms with E-state index in [4.69, 9.17) is 0 Å². The van der Waals surface area contributed by atoms with E-state index in [-0.39, 0.29) is 5.91 Å². The first-order chi connectivity index (χ1) is 9.70. The van der Waals surface area contributed by atoms with Gasteiger partial charge in [0, 0.05) is 31.1 Å². The van der Waals surface area contributed by atoms with Crippen molar-refractivity contribution in [3.8, 4) is 0 Å². The minimum Gasteiger partial charge on any atom is -0.370 e. The highest BCUT2D eigenvalue weighted by Crippen LogP contribution is 2.19. The molecule has 0 aromatic carbocycles. The van der Waals surface area contributed by atoms with Crippen LogP contribution in [0.1, 0.15) is 38.2 Å². The summed E-state index contributed by atoms with van der Waals surface area (Å²) in [5, 5.41) is 9.44. The van der Waals surface area contributed by atoms with Crippen LogP contribution in [0.4, 0.5) is 11.6 Å². The van der Waals surface area contributed by atoms with Crippen LogP contribution in [0, 0.1) is 6.92 Å². The molecule has 1 saturated carbocycles. The van der Waals surface area contributed by atoms with E-state index in [0.717, 1.165) is 43.0 Å². The van der Waals surface area contributed by atoms with Gasteiger partial charge >= 0.3 is 0 Å². The molecule has 3 N–H and O–H groups in total. The van der Waals surface area contributed by atoms with Gasteiger partial charge in [-0.25, -0.2) is 9.97 Å². The lowest BCUT2D eigenvalue weighted by molar-refractivity contribution is -0.120. The van der Waals surface area contributed by atoms with Crippen molar-refractivity contribution in [3.05, 3.63) is 11.9 Å². The quantitative estimate of drug-likeness (QED) is 0.674. The van der Waals surface area contributed by atoms with Crippen LogP contribution in [0.25, 0.3) is 0 Å². The standard InChI is InChI=1S/C14H23N5O/c1-3-7-15-13-10(2)14(18-9-17-13)16-8-6-12(20)19-11-4-5-11/h9,11H,3-8H2,1-2H3,(H,19,20)(H2,15,16,17,18). The van der Waals surface area contributed by atoms with Gasteiger partial charge in [-0.1, -0.05) is 6.92 Å². The van der Waals surface area contributed by atoms with Crippen LogP contribution in [0.2, 0.25) is 0 Å². The van der Waals surface area contributed by atoms with Crippen LogP contribution in [-0.4, -0.2) is 35.0 Å². The van der Waals surface area contributed by atoms with E-state index in [1.165, 1.54) is 6.33 Å². The molecule has 0 aliphatic heterocycles. The summed E-state index contributed by atoms with van der Waals surface area (Å²) < 4.78 is 0. The highest BCUT2D eigenvalue weighted by molar-refractivity contribution is 5.77. The molecule has 6 heteroatoms. The van der Waals surface area contributed by atoms with E-state index >= 15 is 0 Å². The van der Waals surface area contributed by atoms with E-state index in [1.54, 1.807) is 0 Å². The van der Waals surface area contributed by atoms with E-state index in [9.17, 15) is 4.79 Å². The predicted molar refractivity (Wildman–Crippen MR) is 79.8 cm³/mol. The summed E-state index contributed by atoms with van der Waals surface area (Å²) >= 11 is 0. The number of nitrogens with zero attached hydrogens (tertiary/aromatic N) is 2. The average Bonchev–Trinajstić information content (AvgIpc) is 3.23. The van der Waals surface area contributed by atoms with Gasteiger partial charge < -0.3 is 16.0 Å². The van der Waals surface area contributed by atoms with Crippen molar-refractivity contribution < 1.29 is 4.79 Å². The molecule has 0 spiro atoms.